The van der Waals surface area contributed by atoms with E-state index in [1.54, 1.807) is 0 Å². The summed E-state index contributed by atoms with van der Waals surface area (Å²) in [6.45, 7) is 3.89. The number of rotatable bonds is 5. The zero-order chi connectivity index (χ0) is 9.36. The average Bonchev–Trinajstić information content (AvgIpc) is 2.19. The molecule has 0 aromatic carbocycles. The van der Waals surface area contributed by atoms with Crippen molar-refractivity contribution >= 4 is 0 Å². The molecule has 0 aromatic rings. The first kappa shape index (κ1) is 10.5. The largest absolute Gasteiger partial charge is 0.381 e. The second-order valence-corrected chi connectivity index (χ2v) is 3.53. The van der Waals surface area contributed by atoms with Crippen LogP contribution in [-0.2, 0) is 4.74 Å². The normalized spacial score (nSPS) is 18.4. The number of nitrogens with zero attached hydrogens (tertiary/aromatic N) is 1. The molecule has 1 saturated heterocycles. The third kappa shape index (κ3) is 4.87. The van der Waals surface area contributed by atoms with E-state index >= 15 is 0 Å². The molecule has 0 bridgehead atoms. The predicted octanol–water partition coefficient (Wildman–Crippen LogP) is 1.31. The highest BCUT2D eigenvalue weighted by atomic mass is 16.5. The summed E-state index contributed by atoms with van der Waals surface area (Å²) in [6, 6.07) is 2.12. The molecule has 1 rings (SSSR count). The van der Waals surface area contributed by atoms with E-state index in [1.807, 2.05) is 0 Å². The summed E-state index contributed by atoms with van der Waals surface area (Å²) in [5.41, 5.74) is 0. The average molecular weight is 182 g/mol. The minimum absolute atomic E-state index is 0.617. The van der Waals surface area contributed by atoms with Crippen molar-refractivity contribution < 1.29 is 4.74 Å². The van der Waals surface area contributed by atoms with Gasteiger partial charge in [0.05, 0.1) is 6.07 Å². The first-order valence-corrected chi connectivity index (χ1v) is 5.09. The van der Waals surface area contributed by atoms with Crippen LogP contribution in [0.5, 0.6) is 0 Å². The highest BCUT2D eigenvalue weighted by Gasteiger charge is 2.12. The van der Waals surface area contributed by atoms with Crippen LogP contribution in [0.4, 0.5) is 0 Å². The molecule has 0 unspecified atom stereocenters. The lowest BCUT2D eigenvalue weighted by Gasteiger charge is -2.22. The SMILES string of the molecule is N#CCCCOCC1CCNCC1. The minimum atomic E-state index is 0.617. The van der Waals surface area contributed by atoms with Crippen LogP contribution in [0.15, 0.2) is 0 Å². The summed E-state index contributed by atoms with van der Waals surface area (Å²) in [6.07, 6.45) is 3.96. The van der Waals surface area contributed by atoms with Crippen LogP contribution in [0.2, 0.25) is 0 Å². The summed E-state index contributed by atoms with van der Waals surface area (Å²) in [4.78, 5) is 0. The predicted molar refractivity (Wildman–Crippen MR) is 51.3 cm³/mol. The summed E-state index contributed by atoms with van der Waals surface area (Å²) >= 11 is 0. The van der Waals surface area contributed by atoms with Gasteiger partial charge in [0.15, 0.2) is 0 Å². The second kappa shape index (κ2) is 6.88. The van der Waals surface area contributed by atoms with E-state index in [0.29, 0.717) is 6.42 Å². The van der Waals surface area contributed by atoms with Crippen LogP contribution >= 0.6 is 0 Å². The van der Waals surface area contributed by atoms with Crippen molar-refractivity contribution in [3.8, 4) is 6.07 Å². The molecule has 1 aliphatic rings. The lowest BCUT2D eigenvalue weighted by Crippen LogP contribution is -2.30. The number of ether oxygens (including phenoxy) is 1. The molecular weight excluding hydrogens is 164 g/mol. The topological polar surface area (TPSA) is 45.0 Å². The van der Waals surface area contributed by atoms with E-state index in [1.165, 1.54) is 12.8 Å². The fourth-order valence-corrected chi connectivity index (χ4v) is 1.55. The Morgan fingerprint density at radius 3 is 2.85 bits per heavy atom. The Labute approximate surface area is 80.1 Å². The highest BCUT2D eigenvalue weighted by Crippen LogP contribution is 2.11. The Bertz CT molecular complexity index is 159. The number of piperidine rings is 1. The van der Waals surface area contributed by atoms with Gasteiger partial charge >= 0.3 is 0 Å². The molecular formula is C10H18N2O. The zero-order valence-corrected chi connectivity index (χ0v) is 8.09. The lowest BCUT2D eigenvalue weighted by atomic mass is 9.99. The molecule has 1 N–H and O–H groups in total. The molecule has 1 heterocycles. The van der Waals surface area contributed by atoms with Crippen molar-refractivity contribution in [1.29, 1.82) is 5.26 Å². The fraction of sp³-hybridized carbons (Fsp3) is 0.900. The van der Waals surface area contributed by atoms with Crippen molar-refractivity contribution in [1.82, 2.24) is 5.32 Å². The molecule has 0 radical (unpaired) electrons. The molecule has 74 valence electrons. The summed E-state index contributed by atoms with van der Waals surface area (Å²) in [5.74, 6) is 0.739. The smallest absolute Gasteiger partial charge is 0.0622 e. The van der Waals surface area contributed by atoms with Gasteiger partial charge in [0.1, 0.15) is 0 Å². The van der Waals surface area contributed by atoms with Gasteiger partial charge in [-0.3, -0.25) is 0 Å². The number of hydrogen-bond acceptors (Lipinski definition) is 3. The van der Waals surface area contributed by atoms with Gasteiger partial charge in [-0.25, -0.2) is 0 Å². The van der Waals surface area contributed by atoms with E-state index in [-0.39, 0.29) is 0 Å². The summed E-state index contributed by atoms with van der Waals surface area (Å²) in [7, 11) is 0. The maximum atomic E-state index is 8.30. The fourth-order valence-electron chi connectivity index (χ4n) is 1.55. The number of unbranched alkanes of at least 4 members (excludes halogenated alkanes) is 1. The van der Waals surface area contributed by atoms with Gasteiger partial charge in [0, 0.05) is 19.6 Å². The molecule has 0 atom stereocenters. The van der Waals surface area contributed by atoms with Gasteiger partial charge in [-0.2, -0.15) is 5.26 Å². The van der Waals surface area contributed by atoms with Crippen LogP contribution in [0.1, 0.15) is 25.7 Å². The van der Waals surface area contributed by atoms with Crippen LogP contribution in [0, 0.1) is 17.2 Å². The standard InChI is InChI=1S/C10H18N2O/c11-5-1-2-8-13-9-10-3-6-12-7-4-10/h10,12H,1-4,6-9H2. The van der Waals surface area contributed by atoms with Crippen LogP contribution < -0.4 is 5.32 Å². The molecule has 0 saturated carbocycles. The molecule has 3 nitrogen and oxygen atoms in total. The minimum Gasteiger partial charge on any atom is -0.381 e. The first-order chi connectivity index (χ1) is 6.43. The Hall–Kier alpha value is -0.590. The van der Waals surface area contributed by atoms with E-state index in [4.69, 9.17) is 10.00 Å². The molecule has 1 aliphatic heterocycles. The van der Waals surface area contributed by atoms with Crippen molar-refractivity contribution in [2.45, 2.75) is 25.7 Å². The summed E-state index contributed by atoms with van der Waals surface area (Å²) < 4.78 is 5.50. The van der Waals surface area contributed by atoms with Crippen molar-refractivity contribution in [3.63, 3.8) is 0 Å². The lowest BCUT2D eigenvalue weighted by molar-refractivity contribution is 0.0868. The van der Waals surface area contributed by atoms with Gasteiger partial charge in [0.25, 0.3) is 0 Å². The number of nitrogens with one attached hydrogen (secondary N) is 1. The van der Waals surface area contributed by atoms with Gasteiger partial charge in [-0.05, 0) is 38.3 Å². The Balaban J connectivity index is 1.90. The maximum Gasteiger partial charge on any atom is 0.0622 e. The zero-order valence-electron chi connectivity index (χ0n) is 8.09. The van der Waals surface area contributed by atoms with Crippen molar-refractivity contribution in [2.24, 2.45) is 5.92 Å². The first-order valence-electron chi connectivity index (χ1n) is 5.09. The van der Waals surface area contributed by atoms with Crippen LogP contribution in [0.25, 0.3) is 0 Å². The van der Waals surface area contributed by atoms with Crippen molar-refractivity contribution in [3.05, 3.63) is 0 Å². The molecule has 0 aliphatic carbocycles. The van der Waals surface area contributed by atoms with E-state index < -0.39 is 0 Å². The quantitative estimate of drug-likeness (QED) is 0.652. The van der Waals surface area contributed by atoms with E-state index in [2.05, 4.69) is 11.4 Å². The number of hydrogen-bond donors (Lipinski definition) is 1. The van der Waals surface area contributed by atoms with Gasteiger partial charge in [-0.15, -0.1) is 0 Å². The van der Waals surface area contributed by atoms with Crippen LogP contribution in [-0.4, -0.2) is 26.3 Å². The van der Waals surface area contributed by atoms with Crippen LogP contribution in [0.3, 0.4) is 0 Å². The molecule has 0 amide bonds. The molecule has 0 aromatic heterocycles. The monoisotopic (exact) mass is 182 g/mol. The van der Waals surface area contributed by atoms with E-state index in [9.17, 15) is 0 Å². The van der Waals surface area contributed by atoms with Gasteiger partial charge in [-0.1, -0.05) is 0 Å². The number of nitriles is 1. The Morgan fingerprint density at radius 2 is 2.15 bits per heavy atom. The van der Waals surface area contributed by atoms with Crippen molar-refractivity contribution in [2.75, 3.05) is 26.3 Å². The molecule has 3 heteroatoms. The van der Waals surface area contributed by atoms with E-state index in [0.717, 1.165) is 38.6 Å². The molecule has 0 spiro atoms. The third-order valence-electron chi connectivity index (χ3n) is 2.39. The van der Waals surface area contributed by atoms with Gasteiger partial charge in [0.2, 0.25) is 0 Å². The third-order valence-corrected chi connectivity index (χ3v) is 2.39. The molecule has 13 heavy (non-hydrogen) atoms. The Kier molecular flexibility index (Phi) is 5.55. The Morgan fingerprint density at radius 1 is 1.38 bits per heavy atom. The molecule has 1 fully saturated rings. The second-order valence-electron chi connectivity index (χ2n) is 3.53. The van der Waals surface area contributed by atoms with Gasteiger partial charge < -0.3 is 10.1 Å². The summed E-state index contributed by atoms with van der Waals surface area (Å²) in [5, 5.41) is 11.6. The highest BCUT2D eigenvalue weighted by molar-refractivity contribution is 4.69. The maximum absolute atomic E-state index is 8.30.